The zero-order valence-corrected chi connectivity index (χ0v) is 12.0. The molecule has 6 atom stereocenters. The van der Waals surface area contributed by atoms with E-state index >= 15 is 0 Å². The fourth-order valence-electron chi connectivity index (χ4n) is 3.46. The van der Waals surface area contributed by atoms with E-state index in [0.29, 0.717) is 11.2 Å². The van der Waals surface area contributed by atoms with Gasteiger partial charge in [-0.1, -0.05) is 26.7 Å². The molecule has 2 fully saturated rings. The van der Waals surface area contributed by atoms with Crippen molar-refractivity contribution in [3.63, 3.8) is 0 Å². The lowest BCUT2D eigenvalue weighted by Gasteiger charge is -2.36. The molecule has 0 spiro atoms. The molecule has 100 valence electrons. The molecule has 0 heterocycles. The maximum atomic E-state index is 12.7. The molecule has 0 aromatic rings. The largest absolute Gasteiger partial charge is 0.327 e. The van der Waals surface area contributed by atoms with Crippen LogP contribution >= 0.6 is 0 Å². The lowest BCUT2D eigenvalue weighted by molar-refractivity contribution is 0.345. The standard InChI is InChI=1S/C14H27NOS/c1-10-4-3-5-12(8-10)17(16)14-9-11(2)6-7-13(14)15/h10-14H,3-9,15H2,1-2H3. The molecule has 0 aromatic heterocycles. The Kier molecular flexibility index (Phi) is 4.65. The zero-order valence-electron chi connectivity index (χ0n) is 11.2. The minimum Gasteiger partial charge on any atom is -0.327 e. The first-order valence-electron chi connectivity index (χ1n) is 7.23. The molecule has 0 amide bonds. The quantitative estimate of drug-likeness (QED) is 0.826. The van der Waals surface area contributed by atoms with E-state index in [0.717, 1.165) is 31.6 Å². The van der Waals surface area contributed by atoms with Crippen molar-refractivity contribution < 1.29 is 4.21 Å². The third-order valence-electron chi connectivity index (χ3n) is 4.62. The topological polar surface area (TPSA) is 43.1 Å². The van der Waals surface area contributed by atoms with Crippen molar-refractivity contribution in [1.82, 2.24) is 0 Å². The van der Waals surface area contributed by atoms with Gasteiger partial charge in [0.05, 0.1) is 5.25 Å². The van der Waals surface area contributed by atoms with Crippen molar-refractivity contribution in [2.45, 2.75) is 75.3 Å². The minimum atomic E-state index is -0.689. The molecular weight excluding hydrogens is 230 g/mol. The molecule has 0 radical (unpaired) electrons. The number of rotatable bonds is 2. The van der Waals surface area contributed by atoms with Crippen molar-refractivity contribution in [1.29, 1.82) is 0 Å². The number of hydrogen-bond donors (Lipinski definition) is 1. The highest BCUT2D eigenvalue weighted by molar-refractivity contribution is 7.86. The summed E-state index contributed by atoms with van der Waals surface area (Å²) < 4.78 is 12.7. The number of hydrogen-bond acceptors (Lipinski definition) is 2. The van der Waals surface area contributed by atoms with Gasteiger partial charge in [0.2, 0.25) is 0 Å². The van der Waals surface area contributed by atoms with E-state index in [1.54, 1.807) is 0 Å². The summed E-state index contributed by atoms with van der Waals surface area (Å²) in [5, 5.41) is 0.703. The fraction of sp³-hybridized carbons (Fsp3) is 1.00. The van der Waals surface area contributed by atoms with Crippen LogP contribution in [0.2, 0.25) is 0 Å². The van der Waals surface area contributed by atoms with E-state index in [9.17, 15) is 4.21 Å². The molecule has 0 bridgehead atoms. The van der Waals surface area contributed by atoms with Crippen LogP contribution in [0.3, 0.4) is 0 Å². The lowest BCUT2D eigenvalue weighted by Crippen LogP contribution is -2.45. The second-order valence-electron chi connectivity index (χ2n) is 6.34. The average Bonchev–Trinajstić information content (AvgIpc) is 2.31. The van der Waals surface area contributed by atoms with Crippen LogP contribution in [0.1, 0.15) is 58.8 Å². The summed E-state index contributed by atoms with van der Waals surface area (Å²) in [6.07, 6.45) is 8.27. The van der Waals surface area contributed by atoms with Gasteiger partial charge in [-0.3, -0.25) is 4.21 Å². The molecule has 2 aliphatic carbocycles. The first-order chi connectivity index (χ1) is 8.08. The van der Waals surface area contributed by atoms with E-state index in [2.05, 4.69) is 13.8 Å². The van der Waals surface area contributed by atoms with Crippen molar-refractivity contribution >= 4 is 10.8 Å². The molecule has 0 aliphatic heterocycles. The first-order valence-corrected chi connectivity index (χ1v) is 8.50. The van der Waals surface area contributed by atoms with Gasteiger partial charge in [0.1, 0.15) is 0 Å². The highest BCUT2D eigenvalue weighted by atomic mass is 32.2. The van der Waals surface area contributed by atoms with E-state index in [-0.39, 0.29) is 11.3 Å². The lowest BCUT2D eigenvalue weighted by atomic mass is 9.87. The van der Waals surface area contributed by atoms with Gasteiger partial charge in [-0.15, -0.1) is 0 Å². The van der Waals surface area contributed by atoms with Crippen LogP contribution < -0.4 is 5.73 Å². The highest BCUT2D eigenvalue weighted by Gasteiger charge is 2.35. The van der Waals surface area contributed by atoms with Gasteiger partial charge < -0.3 is 5.73 Å². The molecule has 2 nitrogen and oxygen atoms in total. The van der Waals surface area contributed by atoms with Crippen LogP contribution in [-0.2, 0) is 10.8 Å². The summed E-state index contributed by atoms with van der Waals surface area (Å²) in [6.45, 7) is 4.58. The molecule has 2 saturated carbocycles. The van der Waals surface area contributed by atoms with E-state index in [4.69, 9.17) is 5.73 Å². The van der Waals surface area contributed by atoms with Crippen molar-refractivity contribution in [2.24, 2.45) is 17.6 Å². The summed E-state index contributed by atoms with van der Waals surface area (Å²) in [5.74, 6) is 1.47. The molecular formula is C14H27NOS. The van der Waals surface area contributed by atoms with Gasteiger partial charge in [0, 0.05) is 22.1 Å². The highest BCUT2D eigenvalue weighted by Crippen LogP contribution is 2.33. The fourth-order valence-corrected chi connectivity index (χ4v) is 5.87. The third-order valence-corrected chi connectivity index (χ3v) is 6.84. The predicted molar refractivity (Wildman–Crippen MR) is 74.3 cm³/mol. The van der Waals surface area contributed by atoms with Crippen LogP contribution in [0.15, 0.2) is 0 Å². The van der Waals surface area contributed by atoms with Crippen LogP contribution in [-0.4, -0.2) is 20.8 Å². The average molecular weight is 257 g/mol. The smallest absolute Gasteiger partial charge is 0.0504 e. The molecule has 2 rings (SSSR count). The molecule has 3 heteroatoms. The van der Waals surface area contributed by atoms with Gasteiger partial charge >= 0.3 is 0 Å². The third kappa shape index (κ3) is 3.31. The Balaban J connectivity index is 1.97. The van der Waals surface area contributed by atoms with Crippen LogP contribution in [0.4, 0.5) is 0 Å². The second kappa shape index (κ2) is 5.83. The Morgan fingerprint density at radius 2 is 1.71 bits per heavy atom. The molecule has 0 saturated heterocycles. The van der Waals surface area contributed by atoms with Crippen LogP contribution in [0.25, 0.3) is 0 Å². The molecule has 0 aromatic carbocycles. The Morgan fingerprint density at radius 1 is 1.00 bits per heavy atom. The van der Waals surface area contributed by atoms with Gasteiger partial charge in [-0.25, -0.2) is 0 Å². The zero-order chi connectivity index (χ0) is 12.4. The Labute approximate surface area is 108 Å². The first kappa shape index (κ1) is 13.5. The molecule has 17 heavy (non-hydrogen) atoms. The summed E-state index contributed by atoms with van der Waals surface area (Å²) >= 11 is 0. The van der Waals surface area contributed by atoms with E-state index in [1.807, 2.05) is 0 Å². The molecule has 2 aliphatic rings. The summed E-state index contributed by atoms with van der Waals surface area (Å²) in [4.78, 5) is 0. The van der Waals surface area contributed by atoms with Gasteiger partial charge in [-0.2, -0.15) is 0 Å². The van der Waals surface area contributed by atoms with E-state index < -0.39 is 10.8 Å². The van der Waals surface area contributed by atoms with E-state index in [1.165, 1.54) is 19.3 Å². The van der Waals surface area contributed by atoms with Crippen molar-refractivity contribution in [3.05, 3.63) is 0 Å². The normalized spacial score (nSPS) is 45.5. The maximum Gasteiger partial charge on any atom is 0.0504 e. The minimum absolute atomic E-state index is 0.185. The molecule has 2 N–H and O–H groups in total. The van der Waals surface area contributed by atoms with Gasteiger partial charge in [0.15, 0.2) is 0 Å². The van der Waals surface area contributed by atoms with Crippen LogP contribution in [0, 0.1) is 11.8 Å². The SMILES string of the molecule is CC1CCCC(S(=O)C2CC(C)CCC2N)C1. The monoisotopic (exact) mass is 257 g/mol. The van der Waals surface area contributed by atoms with Crippen molar-refractivity contribution in [3.8, 4) is 0 Å². The molecule has 6 unspecified atom stereocenters. The Hall–Kier alpha value is 0.110. The Morgan fingerprint density at radius 3 is 2.41 bits per heavy atom. The second-order valence-corrected chi connectivity index (χ2v) is 8.27. The Bertz CT molecular complexity index is 281. The number of nitrogens with two attached hydrogens (primary N) is 1. The summed E-state index contributed by atoms with van der Waals surface area (Å²) in [6, 6.07) is 0.185. The predicted octanol–water partition coefficient (Wildman–Crippen LogP) is 2.83. The van der Waals surface area contributed by atoms with Crippen LogP contribution in [0.5, 0.6) is 0 Å². The van der Waals surface area contributed by atoms with Gasteiger partial charge in [0.25, 0.3) is 0 Å². The van der Waals surface area contributed by atoms with Crippen molar-refractivity contribution in [2.75, 3.05) is 0 Å². The maximum absolute atomic E-state index is 12.7. The van der Waals surface area contributed by atoms with Gasteiger partial charge in [-0.05, 0) is 43.9 Å². The summed E-state index contributed by atoms with van der Waals surface area (Å²) in [7, 11) is -0.689. The summed E-state index contributed by atoms with van der Waals surface area (Å²) in [5.41, 5.74) is 6.19.